The highest BCUT2D eigenvalue weighted by Gasteiger charge is 1.61. The second-order valence-electron chi connectivity index (χ2n) is 1.21. The molecule has 0 bridgehead atoms. The normalized spacial score (nSPS) is 5.54. The van der Waals surface area contributed by atoms with Gasteiger partial charge in [0.05, 0.1) is 0 Å². The molecule has 0 aromatic rings. The molecule has 0 aromatic heterocycles. The Morgan fingerprint density at radius 1 is 0.538 bits per heavy atom. The van der Waals surface area contributed by atoms with Crippen LogP contribution in [0.4, 0.5) is 14.4 Å². The van der Waals surface area contributed by atoms with Crippen LogP contribution in [0.15, 0.2) is 0 Å². The van der Waals surface area contributed by atoms with E-state index < -0.39 is 18.1 Å². The van der Waals surface area contributed by atoms with Gasteiger partial charge in [-0.05, 0) is 0 Å². The van der Waals surface area contributed by atoms with Crippen molar-refractivity contribution in [3.8, 4) is 0 Å². The van der Waals surface area contributed by atoms with Crippen molar-refractivity contribution in [3.63, 3.8) is 0 Å². The van der Waals surface area contributed by atoms with Crippen LogP contribution >= 0.6 is 0 Å². The average molecular weight is 206 g/mol. The molecule has 13 heavy (non-hydrogen) atoms. The van der Waals surface area contributed by atoms with Gasteiger partial charge in [0, 0.05) is 0 Å². The van der Waals surface area contributed by atoms with E-state index in [9.17, 15) is 0 Å². The third-order valence-corrected chi connectivity index (χ3v) is 0. The lowest BCUT2D eigenvalue weighted by molar-refractivity contribution is 0.255. The Kier molecular flexibility index (Phi) is 29.3. The Bertz CT molecular complexity index is 121. The molecule has 76 valence electrons. The van der Waals surface area contributed by atoms with Gasteiger partial charge < -0.3 is 34.4 Å². The lowest BCUT2D eigenvalue weighted by atomic mass is 11.2. The van der Waals surface area contributed by atoms with Crippen molar-refractivity contribution >= 4 is 41.1 Å². The van der Waals surface area contributed by atoms with Crippen LogP contribution in [0.1, 0.15) is 0 Å². The molecule has 0 saturated carbocycles. The molecule has 0 rings (SSSR count). The minimum atomic E-state index is -0.833. The number of hydrogen-bond donors (Lipinski definition) is 6. The predicted octanol–water partition coefficient (Wildman–Crippen LogP) is -3.84. The summed E-state index contributed by atoms with van der Waals surface area (Å²) in [6, 6.07) is -2.50. The fourth-order valence-corrected chi connectivity index (χ4v) is 0. The van der Waals surface area contributed by atoms with Crippen LogP contribution in [-0.2, 0) is 0 Å². The number of urea groups is 3. The molecular formula is C3H14MgN6O3. The van der Waals surface area contributed by atoms with Gasteiger partial charge in [-0.15, -0.1) is 0 Å². The molecule has 0 fully saturated rings. The van der Waals surface area contributed by atoms with Crippen molar-refractivity contribution in [1.82, 2.24) is 0 Å². The maximum Gasteiger partial charge on any atom is 0.316 e. The van der Waals surface area contributed by atoms with Crippen molar-refractivity contribution in [3.05, 3.63) is 0 Å². The van der Waals surface area contributed by atoms with Crippen molar-refractivity contribution in [2.45, 2.75) is 0 Å². The third kappa shape index (κ3) is 384. The maximum absolute atomic E-state index is 9.00. The molecule has 12 N–H and O–H groups in total. The minimum absolute atomic E-state index is 0. The van der Waals surface area contributed by atoms with Crippen LogP contribution in [0.2, 0.25) is 0 Å². The molecule has 0 aliphatic carbocycles. The topological polar surface area (TPSA) is 207 Å². The summed E-state index contributed by atoms with van der Waals surface area (Å²) in [5.41, 5.74) is 25.5. The number of primary amides is 6. The van der Waals surface area contributed by atoms with Gasteiger partial charge in [-0.1, -0.05) is 0 Å². The van der Waals surface area contributed by atoms with Gasteiger partial charge in [-0.2, -0.15) is 0 Å². The van der Waals surface area contributed by atoms with Crippen LogP contribution in [0.3, 0.4) is 0 Å². The molecule has 0 aromatic carbocycles. The largest absolute Gasteiger partial charge is 0.352 e. The molecule has 0 aliphatic rings. The minimum Gasteiger partial charge on any atom is -0.352 e. The summed E-state index contributed by atoms with van der Waals surface area (Å²) in [6.07, 6.45) is 0. The summed E-state index contributed by atoms with van der Waals surface area (Å²) >= 11 is 0. The van der Waals surface area contributed by atoms with E-state index in [-0.39, 0.29) is 23.1 Å². The second-order valence-corrected chi connectivity index (χ2v) is 1.21. The molecule has 9 nitrogen and oxygen atoms in total. The first-order valence-electron chi connectivity index (χ1n) is 2.34. The van der Waals surface area contributed by atoms with Gasteiger partial charge in [0.25, 0.3) is 0 Å². The Morgan fingerprint density at radius 2 is 0.538 bits per heavy atom. The highest BCUT2D eigenvalue weighted by atomic mass is 24.3. The van der Waals surface area contributed by atoms with E-state index in [1.54, 1.807) is 0 Å². The molecule has 0 saturated heterocycles. The molecule has 0 spiro atoms. The van der Waals surface area contributed by atoms with Crippen LogP contribution < -0.4 is 34.4 Å². The number of amides is 6. The maximum atomic E-state index is 9.00. The van der Waals surface area contributed by atoms with Crippen LogP contribution in [-0.4, -0.2) is 41.1 Å². The first-order valence-corrected chi connectivity index (χ1v) is 2.34. The Morgan fingerprint density at radius 3 is 0.538 bits per heavy atom. The van der Waals surface area contributed by atoms with E-state index >= 15 is 0 Å². The summed E-state index contributed by atoms with van der Waals surface area (Å²) < 4.78 is 0. The highest BCUT2D eigenvalue weighted by Crippen LogP contribution is 1.26. The van der Waals surface area contributed by atoms with Crippen LogP contribution in [0, 0.1) is 0 Å². The average Bonchev–Trinajstić information content (AvgIpc) is 1.54. The van der Waals surface area contributed by atoms with Crippen molar-refractivity contribution < 1.29 is 14.4 Å². The van der Waals surface area contributed by atoms with E-state index in [0.717, 1.165) is 0 Å². The summed E-state index contributed by atoms with van der Waals surface area (Å²) in [5, 5.41) is 0. The molecule has 0 aliphatic heterocycles. The number of nitrogens with two attached hydrogens (primary N) is 6. The zero-order chi connectivity index (χ0) is 10.7. The monoisotopic (exact) mass is 206 g/mol. The van der Waals surface area contributed by atoms with Crippen molar-refractivity contribution in [2.24, 2.45) is 34.4 Å². The fourth-order valence-electron chi connectivity index (χ4n) is 0. The Labute approximate surface area is 90.3 Å². The summed E-state index contributed by atoms with van der Waals surface area (Å²) in [7, 11) is 0. The van der Waals surface area contributed by atoms with Gasteiger partial charge in [0.2, 0.25) is 0 Å². The molecular weight excluding hydrogens is 192 g/mol. The van der Waals surface area contributed by atoms with Crippen LogP contribution in [0.25, 0.3) is 0 Å². The smallest absolute Gasteiger partial charge is 0.316 e. The quantitative estimate of drug-likeness (QED) is 0.220. The van der Waals surface area contributed by atoms with Gasteiger partial charge in [-0.3, -0.25) is 0 Å². The third-order valence-electron chi connectivity index (χ3n) is 0. The van der Waals surface area contributed by atoms with E-state index in [4.69, 9.17) is 14.4 Å². The molecule has 10 heteroatoms. The number of rotatable bonds is 0. The van der Waals surface area contributed by atoms with E-state index in [1.165, 1.54) is 0 Å². The van der Waals surface area contributed by atoms with E-state index in [0.29, 0.717) is 0 Å². The molecule has 0 unspecified atom stereocenters. The molecule has 0 heterocycles. The van der Waals surface area contributed by atoms with Gasteiger partial charge in [-0.25, -0.2) is 14.4 Å². The Balaban J connectivity index is -0.0000000450. The number of carbonyl (C=O) groups excluding carboxylic acids is 3. The van der Waals surface area contributed by atoms with E-state index in [1.807, 2.05) is 0 Å². The molecule has 0 atom stereocenters. The first kappa shape index (κ1) is 22.6. The van der Waals surface area contributed by atoms with Gasteiger partial charge in [0.1, 0.15) is 0 Å². The summed E-state index contributed by atoms with van der Waals surface area (Å²) in [5.74, 6) is 0. The van der Waals surface area contributed by atoms with Crippen LogP contribution in [0.5, 0.6) is 0 Å². The lowest BCUT2D eigenvalue weighted by Gasteiger charge is -1.62. The standard InChI is InChI=1S/3CH4N2O.Mg.2H/c3*2-1(3)4;;;/h3*(H4,2,3,4);;;. The zero-order valence-corrected chi connectivity index (χ0v) is 6.19. The summed E-state index contributed by atoms with van der Waals surface area (Å²) in [4.78, 5) is 27.0. The van der Waals surface area contributed by atoms with Crippen molar-refractivity contribution in [1.29, 1.82) is 0 Å². The van der Waals surface area contributed by atoms with Gasteiger partial charge >= 0.3 is 41.1 Å². The predicted molar refractivity (Wildman–Crippen MR) is 49.9 cm³/mol. The second kappa shape index (κ2) is 16.9. The number of hydrogen-bond acceptors (Lipinski definition) is 3. The highest BCUT2D eigenvalue weighted by molar-refractivity contribution is 5.75. The van der Waals surface area contributed by atoms with E-state index in [2.05, 4.69) is 34.4 Å². The first-order chi connectivity index (χ1) is 5.20. The lowest BCUT2D eigenvalue weighted by Crippen LogP contribution is -2.18. The summed E-state index contributed by atoms with van der Waals surface area (Å²) in [6.45, 7) is 0. The van der Waals surface area contributed by atoms with Gasteiger partial charge in [0.15, 0.2) is 0 Å². The molecule has 0 radical (unpaired) electrons. The fraction of sp³-hybridized carbons (Fsp3) is 0. The Hall–Kier alpha value is -1.42. The molecule has 6 amide bonds. The SMILES string of the molecule is NC(N)=O.NC(N)=O.NC(N)=O.[MgH2]. The number of carbonyl (C=O) groups is 3. The van der Waals surface area contributed by atoms with Crippen molar-refractivity contribution in [2.75, 3.05) is 0 Å². The zero-order valence-electron chi connectivity index (χ0n) is 6.19.